The standard InChI is InChI=1S/C7H10F3N5/c1-2-3(7(8,9)10)4-13-5(11)15-6(12)14-4/h3H,2H2,1H3,(H4,11,12,13,14,15). The van der Waals surface area contributed by atoms with Gasteiger partial charge in [-0.2, -0.15) is 28.1 Å². The van der Waals surface area contributed by atoms with Gasteiger partial charge in [0, 0.05) is 0 Å². The smallest absolute Gasteiger partial charge is 0.368 e. The van der Waals surface area contributed by atoms with E-state index in [4.69, 9.17) is 11.5 Å². The van der Waals surface area contributed by atoms with Crippen LogP contribution in [0.5, 0.6) is 0 Å². The van der Waals surface area contributed by atoms with E-state index in [-0.39, 0.29) is 18.3 Å². The minimum atomic E-state index is -4.41. The van der Waals surface area contributed by atoms with Gasteiger partial charge in [-0.05, 0) is 6.42 Å². The number of nitrogens with two attached hydrogens (primary N) is 2. The Morgan fingerprint density at radius 3 is 1.93 bits per heavy atom. The molecule has 8 heteroatoms. The molecule has 1 rings (SSSR count). The highest BCUT2D eigenvalue weighted by atomic mass is 19.4. The number of halogens is 3. The van der Waals surface area contributed by atoms with E-state index in [1.54, 1.807) is 0 Å². The lowest BCUT2D eigenvalue weighted by atomic mass is 10.1. The summed E-state index contributed by atoms with van der Waals surface area (Å²) in [6.45, 7) is 1.38. The maximum atomic E-state index is 12.5. The second-order valence-corrected chi connectivity index (χ2v) is 2.91. The second-order valence-electron chi connectivity index (χ2n) is 2.91. The quantitative estimate of drug-likeness (QED) is 0.780. The van der Waals surface area contributed by atoms with Crippen molar-refractivity contribution in [2.24, 2.45) is 0 Å². The minimum absolute atomic E-state index is 0.174. The molecule has 0 aliphatic heterocycles. The molecule has 1 unspecified atom stereocenters. The summed E-state index contributed by atoms with van der Waals surface area (Å²) in [5.41, 5.74) is 10.4. The van der Waals surface area contributed by atoms with Crippen LogP contribution >= 0.6 is 0 Å². The maximum Gasteiger partial charge on any atom is 0.398 e. The number of nitrogens with zero attached hydrogens (tertiary/aromatic N) is 3. The maximum absolute atomic E-state index is 12.5. The Kier molecular flexibility index (Phi) is 2.96. The molecule has 0 bridgehead atoms. The summed E-state index contributed by atoms with van der Waals surface area (Å²) in [6, 6.07) is 0. The van der Waals surface area contributed by atoms with Crippen molar-refractivity contribution in [1.82, 2.24) is 15.0 Å². The zero-order valence-corrected chi connectivity index (χ0v) is 7.91. The lowest BCUT2D eigenvalue weighted by Gasteiger charge is -2.16. The first-order valence-corrected chi connectivity index (χ1v) is 4.18. The normalized spacial score (nSPS) is 13.9. The molecule has 0 aromatic carbocycles. The summed E-state index contributed by atoms with van der Waals surface area (Å²) in [6.07, 6.45) is -4.58. The summed E-state index contributed by atoms with van der Waals surface area (Å²) < 4.78 is 37.5. The van der Waals surface area contributed by atoms with E-state index in [1.807, 2.05) is 0 Å². The van der Waals surface area contributed by atoms with Crippen molar-refractivity contribution in [3.63, 3.8) is 0 Å². The average Bonchev–Trinajstić information content (AvgIpc) is 1.99. The summed E-state index contributed by atoms with van der Waals surface area (Å²) in [5, 5.41) is 0. The van der Waals surface area contributed by atoms with Crippen LogP contribution in [0, 0.1) is 0 Å². The van der Waals surface area contributed by atoms with Crippen LogP contribution in [-0.4, -0.2) is 21.1 Å². The number of nitrogen functional groups attached to an aromatic ring is 2. The fourth-order valence-corrected chi connectivity index (χ4v) is 1.14. The van der Waals surface area contributed by atoms with E-state index in [1.165, 1.54) is 6.92 Å². The fraction of sp³-hybridized carbons (Fsp3) is 0.571. The molecule has 0 aliphatic carbocycles. The molecule has 4 N–H and O–H groups in total. The van der Waals surface area contributed by atoms with Gasteiger partial charge in [0.15, 0.2) is 0 Å². The highest BCUT2D eigenvalue weighted by molar-refractivity contribution is 5.27. The second kappa shape index (κ2) is 3.87. The lowest BCUT2D eigenvalue weighted by Crippen LogP contribution is -2.23. The van der Waals surface area contributed by atoms with Crippen molar-refractivity contribution in [3.05, 3.63) is 5.82 Å². The molecule has 0 amide bonds. The highest BCUT2D eigenvalue weighted by Gasteiger charge is 2.41. The number of hydrogen-bond donors (Lipinski definition) is 2. The van der Waals surface area contributed by atoms with Gasteiger partial charge in [0.1, 0.15) is 11.7 Å². The van der Waals surface area contributed by atoms with E-state index in [9.17, 15) is 13.2 Å². The third-order valence-corrected chi connectivity index (χ3v) is 1.80. The van der Waals surface area contributed by atoms with Gasteiger partial charge in [0.05, 0.1) is 0 Å². The first kappa shape index (κ1) is 11.5. The van der Waals surface area contributed by atoms with Crippen LogP contribution in [0.2, 0.25) is 0 Å². The molecule has 0 aliphatic rings. The van der Waals surface area contributed by atoms with E-state index in [0.717, 1.165) is 0 Å². The van der Waals surface area contributed by atoms with Gasteiger partial charge in [-0.3, -0.25) is 0 Å². The molecule has 0 saturated carbocycles. The van der Waals surface area contributed by atoms with Crippen molar-refractivity contribution >= 4 is 11.9 Å². The van der Waals surface area contributed by atoms with Gasteiger partial charge in [-0.15, -0.1) is 0 Å². The van der Waals surface area contributed by atoms with E-state index in [2.05, 4.69) is 15.0 Å². The molecule has 0 spiro atoms. The topological polar surface area (TPSA) is 90.7 Å². The molecular formula is C7H10F3N5. The molecule has 0 radical (unpaired) electrons. The van der Waals surface area contributed by atoms with E-state index >= 15 is 0 Å². The number of anilines is 2. The van der Waals surface area contributed by atoms with Crippen molar-refractivity contribution in [2.45, 2.75) is 25.4 Å². The molecule has 1 atom stereocenters. The summed E-state index contributed by atoms with van der Waals surface area (Å²) in [4.78, 5) is 10.3. The molecule has 0 fully saturated rings. The van der Waals surface area contributed by atoms with Gasteiger partial charge in [-0.1, -0.05) is 6.92 Å². The van der Waals surface area contributed by atoms with Crippen molar-refractivity contribution in [2.75, 3.05) is 11.5 Å². The van der Waals surface area contributed by atoms with Crippen LogP contribution < -0.4 is 11.5 Å². The molecule has 0 saturated heterocycles. The zero-order valence-electron chi connectivity index (χ0n) is 7.91. The monoisotopic (exact) mass is 221 g/mol. The molecule has 84 valence electrons. The summed E-state index contributed by atoms with van der Waals surface area (Å²) in [7, 11) is 0. The predicted octanol–water partition coefficient (Wildman–Crippen LogP) is 1.09. The Labute approximate surface area is 83.7 Å². The summed E-state index contributed by atoms with van der Waals surface area (Å²) in [5.74, 6) is -2.81. The van der Waals surface area contributed by atoms with Crippen LogP contribution in [0.25, 0.3) is 0 Å². The zero-order chi connectivity index (χ0) is 11.6. The highest BCUT2D eigenvalue weighted by Crippen LogP contribution is 2.35. The molecule has 1 aromatic rings. The minimum Gasteiger partial charge on any atom is -0.368 e. The Balaban J connectivity index is 3.13. The Bertz CT molecular complexity index is 331. The van der Waals surface area contributed by atoms with Crippen LogP contribution in [0.15, 0.2) is 0 Å². The summed E-state index contributed by atoms with van der Waals surface area (Å²) >= 11 is 0. The first-order valence-electron chi connectivity index (χ1n) is 4.18. The van der Waals surface area contributed by atoms with Gasteiger partial charge in [-0.25, -0.2) is 0 Å². The third-order valence-electron chi connectivity index (χ3n) is 1.80. The van der Waals surface area contributed by atoms with Crippen molar-refractivity contribution < 1.29 is 13.2 Å². The van der Waals surface area contributed by atoms with E-state index in [0.29, 0.717) is 0 Å². The lowest BCUT2D eigenvalue weighted by molar-refractivity contribution is -0.152. The number of rotatable bonds is 2. The largest absolute Gasteiger partial charge is 0.398 e. The van der Waals surface area contributed by atoms with E-state index < -0.39 is 17.9 Å². The third kappa shape index (κ3) is 2.67. The van der Waals surface area contributed by atoms with Crippen LogP contribution in [-0.2, 0) is 0 Å². The Morgan fingerprint density at radius 1 is 1.13 bits per heavy atom. The van der Waals surface area contributed by atoms with Gasteiger partial charge in [0.25, 0.3) is 0 Å². The molecular weight excluding hydrogens is 211 g/mol. The molecule has 1 aromatic heterocycles. The number of alkyl halides is 3. The number of hydrogen-bond acceptors (Lipinski definition) is 5. The Morgan fingerprint density at radius 2 is 1.60 bits per heavy atom. The fourth-order valence-electron chi connectivity index (χ4n) is 1.14. The van der Waals surface area contributed by atoms with Crippen molar-refractivity contribution in [3.8, 4) is 0 Å². The van der Waals surface area contributed by atoms with Gasteiger partial charge >= 0.3 is 6.18 Å². The molecule has 5 nitrogen and oxygen atoms in total. The van der Waals surface area contributed by atoms with Crippen LogP contribution in [0.3, 0.4) is 0 Å². The molecule has 1 heterocycles. The SMILES string of the molecule is CCC(c1nc(N)nc(N)n1)C(F)(F)F. The first-order chi connectivity index (χ1) is 6.84. The Hall–Kier alpha value is -1.60. The van der Waals surface area contributed by atoms with Gasteiger partial charge in [0.2, 0.25) is 11.9 Å². The van der Waals surface area contributed by atoms with Crippen LogP contribution in [0.1, 0.15) is 25.1 Å². The molecule has 15 heavy (non-hydrogen) atoms. The predicted molar refractivity (Wildman–Crippen MR) is 47.7 cm³/mol. The number of aromatic nitrogens is 3. The van der Waals surface area contributed by atoms with Crippen molar-refractivity contribution in [1.29, 1.82) is 0 Å². The van der Waals surface area contributed by atoms with Gasteiger partial charge < -0.3 is 11.5 Å². The van der Waals surface area contributed by atoms with Crippen LogP contribution in [0.4, 0.5) is 25.1 Å². The average molecular weight is 221 g/mol.